The molecule has 122 valence electrons. The first-order valence-electron chi connectivity index (χ1n) is 7.40. The molecule has 0 aromatic carbocycles. The Balaban J connectivity index is 0. The van der Waals surface area contributed by atoms with Gasteiger partial charge in [-0.25, -0.2) is 0 Å². The van der Waals surface area contributed by atoms with Gasteiger partial charge in [0.15, 0.2) is 0 Å². The van der Waals surface area contributed by atoms with Crippen molar-refractivity contribution in [2.24, 2.45) is 5.92 Å². The molecule has 0 aromatic rings. The van der Waals surface area contributed by atoms with Crippen LogP contribution in [0.4, 0.5) is 0 Å². The highest BCUT2D eigenvalue weighted by Crippen LogP contribution is 2.19. The minimum atomic E-state index is 0. The second kappa shape index (κ2) is 13.9. The van der Waals surface area contributed by atoms with Crippen LogP contribution in [0.15, 0.2) is 0 Å². The van der Waals surface area contributed by atoms with E-state index in [2.05, 4.69) is 22.5 Å². The van der Waals surface area contributed by atoms with E-state index in [1.54, 1.807) is 0 Å². The molecule has 1 aliphatic rings. The number of nitrogens with zero attached hydrogens (tertiary/aromatic N) is 1. The van der Waals surface area contributed by atoms with Gasteiger partial charge in [0.05, 0.1) is 0 Å². The van der Waals surface area contributed by atoms with Gasteiger partial charge in [0, 0.05) is 13.0 Å². The summed E-state index contributed by atoms with van der Waals surface area (Å²) in [4.78, 5) is 14.0. The van der Waals surface area contributed by atoms with Gasteiger partial charge in [-0.15, -0.1) is 24.8 Å². The van der Waals surface area contributed by atoms with Crippen molar-refractivity contribution < 1.29 is 4.79 Å². The van der Waals surface area contributed by atoms with E-state index in [1.165, 1.54) is 32.5 Å². The fraction of sp³-hybridized carbons (Fsp3) is 0.929. The number of likely N-dealkylation sites (tertiary alicyclic amines) is 1. The monoisotopic (exact) mass is 327 g/mol. The van der Waals surface area contributed by atoms with Crippen molar-refractivity contribution in [3.63, 3.8) is 0 Å². The lowest BCUT2D eigenvalue weighted by molar-refractivity contribution is -0.121. The molecule has 1 heterocycles. The predicted molar refractivity (Wildman–Crippen MR) is 90.1 cm³/mol. The molecule has 1 rings (SSSR count). The molecule has 0 bridgehead atoms. The maximum absolute atomic E-state index is 11.5. The quantitative estimate of drug-likeness (QED) is 0.671. The summed E-state index contributed by atoms with van der Waals surface area (Å²) in [5.41, 5.74) is 0. The van der Waals surface area contributed by atoms with Crippen LogP contribution in [0.1, 0.15) is 39.0 Å². The topological polar surface area (TPSA) is 44.4 Å². The van der Waals surface area contributed by atoms with Gasteiger partial charge in [0.1, 0.15) is 0 Å². The third-order valence-electron chi connectivity index (χ3n) is 3.86. The molecule has 6 heteroatoms. The standard InChI is InChI=1S/C14H29N3O.2ClH/c1-3-17-11-7-13(8-12-17)6-10-16-14(18)5-4-9-15-2;;/h13,15H,3-12H2,1-2H3,(H,16,18);2*1H. The van der Waals surface area contributed by atoms with E-state index in [9.17, 15) is 4.79 Å². The summed E-state index contributed by atoms with van der Waals surface area (Å²) in [5, 5.41) is 6.09. The summed E-state index contributed by atoms with van der Waals surface area (Å²) in [6.45, 7) is 7.65. The molecule has 0 saturated carbocycles. The molecule has 1 amide bonds. The number of carbonyl (C=O) groups excluding carboxylic acids is 1. The minimum Gasteiger partial charge on any atom is -0.356 e. The Morgan fingerprint density at radius 2 is 1.85 bits per heavy atom. The lowest BCUT2D eigenvalue weighted by Crippen LogP contribution is -2.35. The van der Waals surface area contributed by atoms with Crippen LogP contribution in [-0.4, -0.2) is 50.6 Å². The van der Waals surface area contributed by atoms with Crippen LogP contribution in [0, 0.1) is 5.92 Å². The lowest BCUT2D eigenvalue weighted by Gasteiger charge is -2.31. The summed E-state index contributed by atoms with van der Waals surface area (Å²) in [6.07, 6.45) is 5.31. The van der Waals surface area contributed by atoms with Gasteiger partial charge in [-0.1, -0.05) is 6.92 Å². The van der Waals surface area contributed by atoms with Crippen molar-refractivity contribution in [2.75, 3.05) is 39.8 Å². The Kier molecular flexibility index (Phi) is 15.5. The SMILES string of the molecule is CCN1CCC(CCNC(=O)CCCNC)CC1.Cl.Cl. The molecule has 0 aromatic heterocycles. The van der Waals surface area contributed by atoms with Crippen LogP contribution in [0.5, 0.6) is 0 Å². The fourth-order valence-corrected chi connectivity index (χ4v) is 2.52. The van der Waals surface area contributed by atoms with Crippen molar-refractivity contribution in [2.45, 2.75) is 39.0 Å². The average molecular weight is 328 g/mol. The maximum atomic E-state index is 11.5. The van der Waals surface area contributed by atoms with Gasteiger partial charge in [0.2, 0.25) is 5.91 Å². The number of carbonyl (C=O) groups is 1. The molecule has 1 aliphatic heterocycles. The average Bonchev–Trinajstić information content (AvgIpc) is 2.40. The Morgan fingerprint density at radius 3 is 2.40 bits per heavy atom. The van der Waals surface area contributed by atoms with Crippen molar-refractivity contribution in [1.29, 1.82) is 0 Å². The number of nitrogens with one attached hydrogen (secondary N) is 2. The second-order valence-corrected chi connectivity index (χ2v) is 5.22. The van der Waals surface area contributed by atoms with Crippen molar-refractivity contribution in [3.05, 3.63) is 0 Å². The van der Waals surface area contributed by atoms with E-state index < -0.39 is 0 Å². The molecule has 0 unspecified atom stereocenters. The normalized spacial score (nSPS) is 16.1. The zero-order valence-corrected chi connectivity index (χ0v) is 14.5. The van der Waals surface area contributed by atoms with E-state index in [-0.39, 0.29) is 30.7 Å². The van der Waals surface area contributed by atoms with Crippen molar-refractivity contribution >= 4 is 30.7 Å². The van der Waals surface area contributed by atoms with Gasteiger partial charge in [-0.3, -0.25) is 4.79 Å². The largest absolute Gasteiger partial charge is 0.356 e. The number of hydrogen-bond donors (Lipinski definition) is 2. The molecule has 20 heavy (non-hydrogen) atoms. The van der Waals surface area contributed by atoms with Gasteiger partial charge < -0.3 is 15.5 Å². The number of rotatable bonds is 8. The number of hydrogen-bond acceptors (Lipinski definition) is 3. The molecular formula is C14H31Cl2N3O. The molecule has 1 fully saturated rings. The van der Waals surface area contributed by atoms with Crippen LogP contribution in [0.3, 0.4) is 0 Å². The first-order chi connectivity index (χ1) is 8.76. The maximum Gasteiger partial charge on any atom is 0.220 e. The number of halogens is 2. The zero-order valence-electron chi connectivity index (χ0n) is 12.8. The Bertz CT molecular complexity index is 234. The minimum absolute atomic E-state index is 0. The van der Waals surface area contributed by atoms with E-state index in [4.69, 9.17) is 0 Å². The van der Waals surface area contributed by atoms with Gasteiger partial charge in [0.25, 0.3) is 0 Å². The zero-order chi connectivity index (χ0) is 13.2. The molecular weight excluding hydrogens is 297 g/mol. The van der Waals surface area contributed by atoms with E-state index in [0.29, 0.717) is 6.42 Å². The molecule has 0 spiro atoms. The Labute approximate surface area is 136 Å². The third-order valence-corrected chi connectivity index (χ3v) is 3.86. The van der Waals surface area contributed by atoms with E-state index >= 15 is 0 Å². The molecule has 0 aliphatic carbocycles. The number of amides is 1. The highest BCUT2D eigenvalue weighted by Gasteiger charge is 2.17. The fourth-order valence-electron chi connectivity index (χ4n) is 2.52. The van der Waals surface area contributed by atoms with Crippen LogP contribution in [0.25, 0.3) is 0 Å². The third kappa shape index (κ3) is 9.81. The summed E-state index contributed by atoms with van der Waals surface area (Å²) in [6, 6.07) is 0. The van der Waals surface area contributed by atoms with Crippen molar-refractivity contribution in [1.82, 2.24) is 15.5 Å². The molecule has 4 nitrogen and oxygen atoms in total. The first kappa shape index (κ1) is 22.3. The van der Waals surface area contributed by atoms with Crippen LogP contribution in [-0.2, 0) is 4.79 Å². The molecule has 0 radical (unpaired) electrons. The van der Waals surface area contributed by atoms with Gasteiger partial charge >= 0.3 is 0 Å². The van der Waals surface area contributed by atoms with Crippen LogP contribution >= 0.6 is 24.8 Å². The summed E-state index contributed by atoms with van der Waals surface area (Å²) < 4.78 is 0. The molecule has 1 saturated heterocycles. The summed E-state index contributed by atoms with van der Waals surface area (Å²) in [7, 11) is 1.92. The lowest BCUT2D eigenvalue weighted by atomic mass is 9.93. The van der Waals surface area contributed by atoms with Crippen molar-refractivity contribution in [3.8, 4) is 0 Å². The molecule has 0 atom stereocenters. The van der Waals surface area contributed by atoms with Crippen LogP contribution in [0.2, 0.25) is 0 Å². The van der Waals surface area contributed by atoms with E-state index in [1.807, 2.05) is 7.05 Å². The Hall–Kier alpha value is -0.0300. The van der Waals surface area contributed by atoms with E-state index in [0.717, 1.165) is 31.8 Å². The predicted octanol–water partition coefficient (Wildman–Crippen LogP) is 2.07. The second-order valence-electron chi connectivity index (χ2n) is 5.22. The molecule has 2 N–H and O–H groups in total. The van der Waals surface area contributed by atoms with Crippen LogP contribution < -0.4 is 10.6 Å². The summed E-state index contributed by atoms with van der Waals surface area (Å²) in [5.74, 6) is 1.02. The highest BCUT2D eigenvalue weighted by atomic mass is 35.5. The summed E-state index contributed by atoms with van der Waals surface area (Å²) >= 11 is 0. The smallest absolute Gasteiger partial charge is 0.220 e. The number of piperidine rings is 1. The van der Waals surface area contributed by atoms with Gasteiger partial charge in [-0.05, 0) is 64.8 Å². The first-order valence-corrected chi connectivity index (χ1v) is 7.40. The highest BCUT2D eigenvalue weighted by molar-refractivity contribution is 5.85. The van der Waals surface area contributed by atoms with Gasteiger partial charge in [-0.2, -0.15) is 0 Å². The Morgan fingerprint density at radius 1 is 1.20 bits per heavy atom.